The summed E-state index contributed by atoms with van der Waals surface area (Å²) < 4.78 is 1.94. The quantitative estimate of drug-likeness (QED) is 0.823. The maximum absolute atomic E-state index is 5.99. The molecule has 16 heavy (non-hydrogen) atoms. The van der Waals surface area contributed by atoms with Crippen molar-refractivity contribution in [3.05, 3.63) is 46.7 Å². The lowest BCUT2D eigenvalue weighted by Gasteiger charge is -2.05. The second-order valence-corrected chi connectivity index (χ2v) is 4.52. The summed E-state index contributed by atoms with van der Waals surface area (Å²) in [6, 6.07) is 7.85. The van der Waals surface area contributed by atoms with E-state index in [1.165, 1.54) is 11.3 Å². The molecule has 0 amide bonds. The van der Waals surface area contributed by atoms with Crippen molar-refractivity contribution in [1.82, 2.24) is 9.78 Å². The summed E-state index contributed by atoms with van der Waals surface area (Å²) in [5, 5.41) is 5.10. The molecule has 0 saturated heterocycles. The van der Waals surface area contributed by atoms with Gasteiger partial charge in [-0.25, -0.2) is 4.68 Å². The second kappa shape index (κ2) is 3.61. The van der Waals surface area contributed by atoms with Crippen LogP contribution in [0.2, 0.25) is 5.02 Å². The van der Waals surface area contributed by atoms with Crippen LogP contribution in [0.15, 0.2) is 30.5 Å². The van der Waals surface area contributed by atoms with Crippen LogP contribution >= 0.6 is 11.6 Å². The first-order chi connectivity index (χ1) is 7.75. The van der Waals surface area contributed by atoms with Gasteiger partial charge in [-0.05, 0) is 31.0 Å². The van der Waals surface area contributed by atoms with Gasteiger partial charge in [0.15, 0.2) is 0 Å². The van der Waals surface area contributed by atoms with Gasteiger partial charge >= 0.3 is 0 Å². The molecule has 2 aromatic rings. The Morgan fingerprint density at radius 3 is 3.12 bits per heavy atom. The zero-order valence-electron chi connectivity index (χ0n) is 8.73. The average molecular weight is 234 g/mol. The Kier molecular flexibility index (Phi) is 2.23. The van der Waals surface area contributed by atoms with Crippen molar-refractivity contribution in [2.24, 2.45) is 5.73 Å². The molecular weight excluding hydrogens is 222 g/mol. The standard InChI is InChI=1S/C12H12ClN3/c13-8-2-1-3-9(6-8)16-12-5-4-11(14)10(12)7-15-16/h1-3,6-7,11H,4-5,14H2. The van der Waals surface area contributed by atoms with Gasteiger partial charge in [0.2, 0.25) is 0 Å². The minimum absolute atomic E-state index is 0.142. The maximum Gasteiger partial charge on any atom is 0.0663 e. The SMILES string of the molecule is NC1CCc2c1cnn2-c1cccc(Cl)c1. The number of nitrogens with two attached hydrogens (primary N) is 1. The minimum atomic E-state index is 0.142. The number of nitrogens with zero attached hydrogens (tertiary/aromatic N) is 2. The Balaban J connectivity index is 2.11. The fourth-order valence-corrected chi connectivity index (χ4v) is 2.41. The van der Waals surface area contributed by atoms with Crippen LogP contribution in [0.5, 0.6) is 0 Å². The van der Waals surface area contributed by atoms with Crippen LogP contribution in [-0.2, 0) is 6.42 Å². The number of hydrogen-bond donors (Lipinski definition) is 1. The number of hydrogen-bond acceptors (Lipinski definition) is 2. The van der Waals surface area contributed by atoms with Crippen molar-refractivity contribution < 1.29 is 0 Å². The number of benzene rings is 1. The highest BCUT2D eigenvalue weighted by Crippen LogP contribution is 2.30. The summed E-state index contributed by atoms with van der Waals surface area (Å²) >= 11 is 5.98. The first-order valence-corrected chi connectivity index (χ1v) is 5.72. The van der Waals surface area contributed by atoms with Gasteiger partial charge in [0.05, 0.1) is 11.9 Å². The fourth-order valence-electron chi connectivity index (χ4n) is 2.22. The summed E-state index contributed by atoms with van der Waals surface area (Å²) in [6.07, 6.45) is 3.87. The lowest BCUT2D eigenvalue weighted by Crippen LogP contribution is -2.03. The lowest BCUT2D eigenvalue weighted by atomic mass is 10.2. The molecule has 3 nitrogen and oxygen atoms in total. The number of halogens is 1. The van der Waals surface area contributed by atoms with E-state index in [9.17, 15) is 0 Å². The van der Waals surface area contributed by atoms with Gasteiger partial charge in [-0.3, -0.25) is 0 Å². The second-order valence-electron chi connectivity index (χ2n) is 4.08. The third-order valence-electron chi connectivity index (χ3n) is 3.05. The Labute approximate surface area is 98.8 Å². The van der Waals surface area contributed by atoms with Gasteiger partial charge in [-0.1, -0.05) is 17.7 Å². The predicted molar refractivity (Wildman–Crippen MR) is 63.8 cm³/mol. The average Bonchev–Trinajstić information content (AvgIpc) is 2.82. The summed E-state index contributed by atoms with van der Waals surface area (Å²) in [6.45, 7) is 0. The van der Waals surface area contributed by atoms with Gasteiger partial charge < -0.3 is 5.73 Å². The Morgan fingerprint density at radius 2 is 2.31 bits per heavy atom. The van der Waals surface area contributed by atoms with E-state index in [2.05, 4.69) is 5.10 Å². The Hall–Kier alpha value is -1.32. The van der Waals surface area contributed by atoms with Crippen molar-refractivity contribution >= 4 is 11.6 Å². The highest BCUT2D eigenvalue weighted by molar-refractivity contribution is 6.30. The largest absolute Gasteiger partial charge is 0.324 e. The van der Waals surface area contributed by atoms with E-state index >= 15 is 0 Å². The van der Waals surface area contributed by atoms with Crippen molar-refractivity contribution in [3.8, 4) is 5.69 Å². The summed E-state index contributed by atoms with van der Waals surface area (Å²) in [4.78, 5) is 0. The van der Waals surface area contributed by atoms with Gasteiger partial charge in [-0.2, -0.15) is 5.10 Å². The molecule has 0 fully saturated rings. The molecule has 1 aromatic heterocycles. The minimum Gasteiger partial charge on any atom is -0.324 e. The van der Waals surface area contributed by atoms with Crippen LogP contribution in [-0.4, -0.2) is 9.78 Å². The van der Waals surface area contributed by atoms with Crippen LogP contribution in [0.3, 0.4) is 0 Å². The molecule has 1 heterocycles. The molecule has 1 unspecified atom stereocenters. The maximum atomic E-state index is 5.99. The smallest absolute Gasteiger partial charge is 0.0663 e. The Morgan fingerprint density at radius 1 is 1.44 bits per heavy atom. The van der Waals surface area contributed by atoms with E-state index in [4.69, 9.17) is 17.3 Å². The molecule has 3 rings (SSSR count). The van der Waals surface area contributed by atoms with Crippen molar-refractivity contribution in [2.45, 2.75) is 18.9 Å². The normalized spacial score (nSPS) is 18.8. The topological polar surface area (TPSA) is 43.8 Å². The summed E-state index contributed by atoms with van der Waals surface area (Å²) in [7, 11) is 0. The highest BCUT2D eigenvalue weighted by Gasteiger charge is 2.24. The zero-order chi connectivity index (χ0) is 11.1. The van der Waals surface area contributed by atoms with Crippen LogP contribution in [0, 0.1) is 0 Å². The van der Waals surface area contributed by atoms with Crippen LogP contribution in [0.25, 0.3) is 5.69 Å². The Bertz CT molecular complexity index is 533. The molecule has 2 N–H and O–H groups in total. The third kappa shape index (κ3) is 1.44. The molecule has 1 aliphatic rings. The summed E-state index contributed by atoms with van der Waals surface area (Å²) in [5.41, 5.74) is 9.37. The van der Waals surface area contributed by atoms with Crippen LogP contribution in [0.1, 0.15) is 23.7 Å². The first kappa shape index (κ1) is 9.87. The third-order valence-corrected chi connectivity index (χ3v) is 3.28. The first-order valence-electron chi connectivity index (χ1n) is 5.34. The molecule has 0 aliphatic heterocycles. The number of rotatable bonds is 1. The molecule has 1 aliphatic carbocycles. The fraction of sp³-hybridized carbons (Fsp3) is 0.250. The lowest BCUT2D eigenvalue weighted by molar-refractivity contribution is 0.692. The monoisotopic (exact) mass is 233 g/mol. The molecular formula is C12H12ClN3. The zero-order valence-corrected chi connectivity index (χ0v) is 9.48. The molecule has 0 spiro atoms. The number of fused-ring (bicyclic) bond motifs is 1. The number of aromatic nitrogens is 2. The van der Waals surface area contributed by atoms with Crippen LogP contribution < -0.4 is 5.73 Å². The predicted octanol–water partition coefficient (Wildman–Crippen LogP) is 2.47. The van der Waals surface area contributed by atoms with Crippen molar-refractivity contribution in [3.63, 3.8) is 0 Å². The van der Waals surface area contributed by atoms with E-state index in [1.54, 1.807) is 0 Å². The van der Waals surface area contributed by atoms with Crippen molar-refractivity contribution in [1.29, 1.82) is 0 Å². The molecule has 0 saturated carbocycles. The molecule has 0 radical (unpaired) electrons. The molecule has 1 atom stereocenters. The van der Waals surface area contributed by atoms with E-state index in [-0.39, 0.29) is 6.04 Å². The van der Waals surface area contributed by atoms with Crippen molar-refractivity contribution in [2.75, 3.05) is 0 Å². The van der Waals surface area contributed by atoms with Gasteiger partial charge in [0, 0.05) is 22.3 Å². The molecule has 0 bridgehead atoms. The van der Waals surface area contributed by atoms with E-state index < -0.39 is 0 Å². The van der Waals surface area contributed by atoms with E-state index in [0.29, 0.717) is 0 Å². The summed E-state index contributed by atoms with van der Waals surface area (Å²) in [5.74, 6) is 0. The van der Waals surface area contributed by atoms with Gasteiger partial charge in [-0.15, -0.1) is 0 Å². The van der Waals surface area contributed by atoms with Gasteiger partial charge in [0.25, 0.3) is 0 Å². The van der Waals surface area contributed by atoms with E-state index in [1.807, 2.05) is 35.1 Å². The van der Waals surface area contributed by atoms with E-state index in [0.717, 1.165) is 23.6 Å². The molecule has 82 valence electrons. The highest BCUT2D eigenvalue weighted by atomic mass is 35.5. The van der Waals surface area contributed by atoms with Crippen LogP contribution in [0.4, 0.5) is 0 Å². The van der Waals surface area contributed by atoms with Gasteiger partial charge in [0.1, 0.15) is 0 Å². The molecule has 4 heteroatoms. The molecule has 1 aromatic carbocycles.